The smallest absolute Gasteiger partial charge is 0.0879 e. The molecule has 0 saturated carbocycles. The van der Waals surface area contributed by atoms with Gasteiger partial charge in [0.2, 0.25) is 0 Å². The van der Waals surface area contributed by atoms with Crippen LogP contribution in [-0.2, 0) is 0 Å². The number of halogens is 1. The van der Waals surface area contributed by atoms with Crippen molar-refractivity contribution in [3.05, 3.63) is 168 Å². The molecule has 2 N–H and O–H groups in total. The molecule has 7 aromatic rings. The van der Waals surface area contributed by atoms with Crippen LogP contribution in [0.25, 0.3) is 89.3 Å². The molecule has 2 aliphatic heterocycles. The van der Waals surface area contributed by atoms with Gasteiger partial charge < -0.3 is 9.97 Å². The highest BCUT2D eigenvalue weighted by Crippen LogP contribution is 2.41. The van der Waals surface area contributed by atoms with E-state index in [0.29, 0.717) is 0 Å². The first-order valence-corrected chi connectivity index (χ1v) is 17.5. The number of aromatic nitrogens is 4. The van der Waals surface area contributed by atoms with Crippen LogP contribution in [0.1, 0.15) is 28.3 Å². The monoisotopic (exact) mass is 706 g/mol. The molecule has 4 aromatic carbocycles. The van der Waals surface area contributed by atoms with Crippen LogP contribution in [0.2, 0.25) is 0 Å². The third-order valence-corrected chi connectivity index (χ3v) is 9.95. The third-order valence-electron chi connectivity index (χ3n) is 9.34. The van der Waals surface area contributed by atoms with Crippen molar-refractivity contribution in [1.29, 1.82) is 0 Å². The van der Waals surface area contributed by atoms with Crippen molar-refractivity contribution >= 4 is 60.7 Å². The Morgan fingerprint density at radius 1 is 0.420 bits per heavy atom. The van der Waals surface area contributed by atoms with Crippen molar-refractivity contribution in [2.24, 2.45) is 0 Å². The first-order valence-electron chi connectivity index (χ1n) is 16.7. The van der Waals surface area contributed by atoms with Crippen LogP contribution in [0.3, 0.4) is 0 Å². The summed E-state index contributed by atoms with van der Waals surface area (Å²) < 4.78 is 0.925. The molecule has 9 rings (SSSR count). The Morgan fingerprint density at radius 3 is 1.28 bits per heavy atom. The van der Waals surface area contributed by atoms with Gasteiger partial charge in [-0.05, 0) is 87.6 Å². The van der Waals surface area contributed by atoms with Gasteiger partial charge in [0.05, 0.1) is 22.8 Å². The molecule has 0 saturated heterocycles. The number of nitrogens with zero attached hydrogens (tertiary/aromatic N) is 2. The summed E-state index contributed by atoms with van der Waals surface area (Å²) in [5.41, 5.74) is 17.1. The van der Waals surface area contributed by atoms with E-state index in [1.807, 2.05) is 18.2 Å². The summed E-state index contributed by atoms with van der Waals surface area (Å²) in [6.45, 7) is 2.11. The largest absolute Gasteiger partial charge is 0.354 e. The van der Waals surface area contributed by atoms with Crippen molar-refractivity contribution < 1.29 is 0 Å². The molecule has 0 atom stereocenters. The zero-order valence-corrected chi connectivity index (χ0v) is 28.9. The maximum absolute atomic E-state index is 5.42. The van der Waals surface area contributed by atoms with Crippen molar-refractivity contribution in [2.45, 2.75) is 6.92 Å². The molecular weight excluding hydrogens is 676 g/mol. The second-order valence-electron chi connectivity index (χ2n) is 12.6. The van der Waals surface area contributed by atoms with Crippen molar-refractivity contribution in [2.75, 3.05) is 0 Å². The Morgan fingerprint density at radius 2 is 0.820 bits per heavy atom. The van der Waals surface area contributed by atoms with Gasteiger partial charge in [0.1, 0.15) is 0 Å². The van der Waals surface area contributed by atoms with E-state index < -0.39 is 0 Å². The second kappa shape index (κ2) is 12.4. The van der Waals surface area contributed by atoms with Crippen molar-refractivity contribution in [1.82, 2.24) is 19.9 Å². The lowest BCUT2D eigenvalue weighted by Gasteiger charge is -2.07. The maximum atomic E-state index is 5.42. The van der Waals surface area contributed by atoms with E-state index in [1.165, 1.54) is 5.56 Å². The summed E-state index contributed by atoms with van der Waals surface area (Å²) in [7, 11) is 0. The molecule has 5 heteroatoms. The molecule has 3 aromatic heterocycles. The minimum Gasteiger partial charge on any atom is -0.354 e. The molecule has 0 spiro atoms. The van der Waals surface area contributed by atoms with E-state index >= 15 is 0 Å². The lowest BCUT2D eigenvalue weighted by molar-refractivity contribution is 1.31. The molecule has 238 valence electrons. The average Bonchev–Trinajstić information content (AvgIpc) is 3.98. The zero-order chi connectivity index (χ0) is 33.6. The Kier molecular flexibility index (Phi) is 7.48. The van der Waals surface area contributed by atoms with Crippen LogP contribution in [0.15, 0.2) is 140 Å². The molecule has 0 radical (unpaired) electrons. The molecule has 50 heavy (non-hydrogen) atoms. The van der Waals surface area contributed by atoms with Crippen molar-refractivity contribution in [3.8, 4) is 44.5 Å². The van der Waals surface area contributed by atoms with Crippen LogP contribution < -0.4 is 0 Å². The van der Waals surface area contributed by atoms with Crippen molar-refractivity contribution in [3.63, 3.8) is 0 Å². The number of H-pyrrole nitrogens is 2. The first kappa shape index (κ1) is 30.1. The van der Waals surface area contributed by atoms with Gasteiger partial charge in [-0.1, -0.05) is 121 Å². The highest BCUT2D eigenvalue weighted by molar-refractivity contribution is 9.15. The van der Waals surface area contributed by atoms with Crippen LogP contribution in [-0.4, -0.2) is 19.9 Å². The van der Waals surface area contributed by atoms with Gasteiger partial charge in [0.25, 0.3) is 0 Å². The van der Waals surface area contributed by atoms with Crippen LogP contribution in [0, 0.1) is 6.92 Å². The molecule has 0 amide bonds. The Balaban J connectivity index is 1.50. The van der Waals surface area contributed by atoms with Crippen LogP contribution >= 0.6 is 15.9 Å². The average molecular weight is 708 g/mol. The van der Waals surface area contributed by atoms with E-state index in [2.05, 4.69) is 172 Å². The van der Waals surface area contributed by atoms with E-state index in [1.54, 1.807) is 0 Å². The fourth-order valence-corrected chi connectivity index (χ4v) is 7.49. The van der Waals surface area contributed by atoms with Crippen LogP contribution in [0.4, 0.5) is 0 Å². The Bertz CT molecular complexity index is 2630. The Labute approximate surface area is 298 Å². The topological polar surface area (TPSA) is 57.4 Å². The number of nitrogens with one attached hydrogen (secondary N) is 2. The van der Waals surface area contributed by atoms with Gasteiger partial charge in [-0.15, -0.1) is 0 Å². The molecule has 0 unspecified atom stereocenters. The fraction of sp³-hybridized carbons (Fsp3) is 0.0222. The number of aryl methyl sites for hydroxylation is 1. The number of rotatable bonds is 4. The van der Waals surface area contributed by atoms with Gasteiger partial charge in [0.15, 0.2) is 0 Å². The standard InChI is InChI=1S/C45H31BrN4/c1-28-17-19-32(20-18-28)44-39-26-25-37(49-39)42(30-13-7-3-8-14-30)35-22-21-34(47-35)41(29-11-5-2-6-12-29)36-23-24-38(48-36)43(31-15-9-4-10-16-31)40-27-33(46)45(44)50-40/h2-27,48-49H,1H3. The fourth-order valence-electron chi connectivity index (χ4n) is 6.99. The highest BCUT2D eigenvalue weighted by Gasteiger charge is 2.21. The molecule has 2 aliphatic rings. The normalized spacial score (nSPS) is 12.2. The summed E-state index contributed by atoms with van der Waals surface area (Å²) >= 11 is 3.96. The summed E-state index contributed by atoms with van der Waals surface area (Å²) in [4.78, 5) is 18.4. The summed E-state index contributed by atoms with van der Waals surface area (Å²) in [6.07, 6.45) is 6.41. The van der Waals surface area contributed by atoms with Crippen LogP contribution in [0.5, 0.6) is 0 Å². The third kappa shape index (κ3) is 5.33. The maximum Gasteiger partial charge on any atom is 0.0879 e. The molecule has 4 nitrogen and oxygen atoms in total. The van der Waals surface area contributed by atoms with Gasteiger partial charge in [-0.2, -0.15) is 0 Å². The predicted molar refractivity (Wildman–Crippen MR) is 213 cm³/mol. The van der Waals surface area contributed by atoms with E-state index in [-0.39, 0.29) is 0 Å². The van der Waals surface area contributed by atoms with Gasteiger partial charge in [-0.25, -0.2) is 9.97 Å². The van der Waals surface area contributed by atoms with E-state index in [4.69, 9.17) is 9.97 Å². The number of benzene rings is 4. The van der Waals surface area contributed by atoms with Gasteiger partial charge in [-0.3, -0.25) is 0 Å². The first-order chi connectivity index (χ1) is 24.6. The summed E-state index contributed by atoms with van der Waals surface area (Å²) in [5, 5.41) is 0. The summed E-state index contributed by atoms with van der Waals surface area (Å²) in [5.74, 6) is 0. The van der Waals surface area contributed by atoms with Gasteiger partial charge >= 0.3 is 0 Å². The van der Waals surface area contributed by atoms with E-state index in [0.717, 1.165) is 93.8 Å². The highest BCUT2D eigenvalue weighted by atomic mass is 79.9. The van der Waals surface area contributed by atoms with Gasteiger partial charge in [0, 0.05) is 48.8 Å². The lowest BCUT2D eigenvalue weighted by atomic mass is 10.0. The molecular formula is C45H31BrN4. The quantitative estimate of drug-likeness (QED) is 0.191. The second-order valence-corrected chi connectivity index (χ2v) is 13.4. The molecule has 0 fully saturated rings. The Hall–Kier alpha value is -6.04. The number of hydrogen-bond acceptors (Lipinski definition) is 2. The predicted octanol–water partition coefficient (Wildman–Crippen LogP) is 12.4. The lowest BCUT2D eigenvalue weighted by Crippen LogP contribution is -1.90. The minimum atomic E-state index is 0.871. The SMILES string of the molecule is Cc1ccc(-c2c3nc(c(-c4ccccc4)c4ccc([nH]4)c(-c4ccccc4)c4nc(c(-c5ccccc5)c5ccc2[nH]5)C=C4)C=C3Br)cc1. The summed E-state index contributed by atoms with van der Waals surface area (Å²) in [6, 6.07) is 48.8. The van der Waals surface area contributed by atoms with E-state index in [9.17, 15) is 0 Å². The number of fused-ring (bicyclic) bond motifs is 8. The number of aromatic amines is 2. The molecule has 0 aliphatic carbocycles. The molecule has 5 heterocycles. The zero-order valence-electron chi connectivity index (χ0n) is 27.3. The minimum absolute atomic E-state index is 0.871. The number of hydrogen-bond donors (Lipinski definition) is 2. The molecule has 8 bridgehead atoms.